The average Bonchev–Trinajstić information content (AvgIpc) is 2.94. The van der Waals surface area contributed by atoms with Gasteiger partial charge in [0.05, 0.1) is 0 Å². The maximum absolute atomic E-state index is 6.26. The Hall–Kier alpha value is -0.530. The molecule has 1 aliphatic rings. The van der Waals surface area contributed by atoms with Crippen molar-refractivity contribution < 1.29 is 0 Å². The van der Waals surface area contributed by atoms with Crippen LogP contribution < -0.4 is 5.32 Å². The predicted octanol–water partition coefficient (Wildman–Crippen LogP) is 3.43. The van der Waals surface area contributed by atoms with E-state index in [-0.39, 0.29) is 0 Å². The Morgan fingerprint density at radius 1 is 1.50 bits per heavy atom. The van der Waals surface area contributed by atoms with Gasteiger partial charge in [-0.25, -0.2) is 0 Å². The summed E-state index contributed by atoms with van der Waals surface area (Å²) < 4.78 is 0. The minimum atomic E-state index is 0.579. The largest absolute Gasteiger partial charge is 0.316 e. The molecule has 0 amide bonds. The standard InChI is InChI=1S/C14H20ClN/c1-9-4-5-11(13(15)6-9)8-14(16-3)12-7-10(12)2/h4-6,10,12,14,16H,7-8H2,1-3H3. The van der Waals surface area contributed by atoms with E-state index in [1.807, 2.05) is 0 Å². The SMILES string of the molecule is CNC(Cc1ccc(C)cc1Cl)C1CC1C. The molecular formula is C14H20ClN. The molecule has 1 nitrogen and oxygen atoms in total. The van der Waals surface area contributed by atoms with Gasteiger partial charge in [-0.05, 0) is 55.8 Å². The van der Waals surface area contributed by atoms with Crippen molar-refractivity contribution in [3.05, 3.63) is 34.3 Å². The molecule has 0 aliphatic heterocycles. The Bertz CT molecular complexity index is 375. The molecule has 0 spiro atoms. The highest BCUT2D eigenvalue weighted by atomic mass is 35.5. The van der Waals surface area contributed by atoms with Gasteiger partial charge in [-0.3, -0.25) is 0 Å². The first-order valence-electron chi connectivity index (χ1n) is 6.04. The van der Waals surface area contributed by atoms with Crippen molar-refractivity contribution in [2.75, 3.05) is 7.05 Å². The molecule has 1 fully saturated rings. The summed E-state index contributed by atoms with van der Waals surface area (Å²) in [5, 5.41) is 4.34. The smallest absolute Gasteiger partial charge is 0.0441 e. The summed E-state index contributed by atoms with van der Waals surface area (Å²) in [6.45, 7) is 4.40. The number of halogens is 1. The van der Waals surface area contributed by atoms with Crippen LogP contribution in [0.15, 0.2) is 18.2 Å². The molecule has 1 N–H and O–H groups in total. The first-order chi connectivity index (χ1) is 7.61. The molecule has 0 saturated heterocycles. The van der Waals surface area contributed by atoms with Crippen LogP contribution in [0.1, 0.15) is 24.5 Å². The minimum Gasteiger partial charge on any atom is -0.316 e. The fourth-order valence-electron chi connectivity index (χ4n) is 2.43. The molecule has 0 aromatic heterocycles. The van der Waals surface area contributed by atoms with Crippen LogP contribution in [-0.2, 0) is 6.42 Å². The van der Waals surface area contributed by atoms with Gasteiger partial charge in [-0.1, -0.05) is 30.7 Å². The molecule has 1 aromatic rings. The van der Waals surface area contributed by atoms with E-state index in [0.717, 1.165) is 23.3 Å². The van der Waals surface area contributed by atoms with Crippen molar-refractivity contribution in [3.8, 4) is 0 Å². The highest BCUT2D eigenvalue weighted by molar-refractivity contribution is 6.31. The number of benzene rings is 1. The van der Waals surface area contributed by atoms with Crippen LogP contribution in [0.4, 0.5) is 0 Å². The third-order valence-corrected chi connectivity index (χ3v) is 4.06. The second kappa shape index (κ2) is 4.77. The van der Waals surface area contributed by atoms with Crippen LogP contribution in [0, 0.1) is 18.8 Å². The summed E-state index contributed by atoms with van der Waals surface area (Å²) in [4.78, 5) is 0. The van der Waals surface area contributed by atoms with Crippen LogP contribution in [0.25, 0.3) is 0 Å². The van der Waals surface area contributed by atoms with Gasteiger partial charge in [0.1, 0.15) is 0 Å². The van der Waals surface area contributed by atoms with Crippen LogP contribution in [0.5, 0.6) is 0 Å². The molecule has 0 heterocycles. The van der Waals surface area contributed by atoms with Crippen LogP contribution >= 0.6 is 11.6 Å². The summed E-state index contributed by atoms with van der Waals surface area (Å²) in [5.74, 6) is 1.71. The lowest BCUT2D eigenvalue weighted by molar-refractivity contribution is 0.479. The van der Waals surface area contributed by atoms with Crippen molar-refractivity contribution in [3.63, 3.8) is 0 Å². The summed E-state index contributed by atoms with van der Waals surface area (Å²) in [6, 6.07) is 6.94. The van der Waals surface area contributed by atoms with Gasteiger partial charge in [0.25, 0.3) is 0 Å². The topological polar surface area (TPSA) is 12.0 Å². The van der Waals surface area contributed by atoms with Gasteiger partial charge < -0.3 is 5.32 Å². The first kappa shape index (κ1) is 11.9. The van der Waals surface area contributed by atoms with E-state index >= 15 is 0 Å². The predicted molar refractivity (Wildman–Crippen MR) is 70.0 cm³/mol. The van der Waals surface area contributed by atoms with Gasteiger partial charge in [-0.2, -0.15) is 0 Å². The second-order valence-electron chi connectivity index (χ2n) is 5.07. The van der Waals surface area contributed by atoms with E-state index in [1.165, 1.54) is 17.5 Å². The van der Waals surface area contributed by atoms with E-state index in [0.29, 0.717) is 6.04 Å². The number of aryl methyl sites for hydroxylation is 1. The second-order valence-corrected chi connectivity index (χ2v) is 5.48. The molecule has 0 bridgehead atoms. The van der Waals surface area contributed by atoms with Crippen LogP contribution in [0.3, 0.4) is 0 Å². The van der Waals surface area contributed by atoms with Crippen molar-refractivity contribution in [2.45, 2.75) is 32.7 Å². The molecule has 3 atom stereocenters. The number of nitrogens with one attached hydrogen (secondary N) is 1. The van der Waals surface area contributed by atoms with E-state index < -0.39 is 0 Å². The third-order valence-electron chi connectivity index (χ3n) is 3.71. The number of likely N-dealkylation sites (N-methyl/N-ethyl adjacent to an activating group) is 1. The van der Waals surface area contributed by atoms with Gasteiger partial charge in [-0.15, -0.1) is 0 Å². The Kier molecular flexibility index (Phi) is 3.56. The third kappa shape index (κ3) is 2.58. The number of hydrogen-bond acceptors (Lipinski definition) is 1. The Balaban J connectivity index is 2.07. The Labute approximate surface area is 103 Å². The summed E-state index contributed by atoms with van der Waals surface area (Å²) in [7, 11) is 2.05. The lowest BCUT2D eigenvalue weighted by atomic mass is 10.0. The van der Waals surface area contributed by atoms with E-state index in [1.54, 1.807) is 0 Å². The Morgan fingerprint density at radius 3 is 2.69 bits per heavy atom. The highest BCUT2D eigenvalue weighted by Gasteiger charge is 2.38. The molecule has 2 heteroatoms. The summed E-state index contributed by atoms with van der Waals surface area (Å²) in [5.41, 5.74) is 2.50. The number of hydrogen-bond donors (Lipinski definition) is 1. The monoisotopic (exact) mass is 237 g/mol. The first-order valence-corrected chi connectivity index (χ1v) is 6.42. The summed E-state index contributed by atoms with van der Waals surface area (Å²) >= 11 is 6.26. The zero-order valence-electron chi connectivity index (χ0n) is 10.3. The van der Waals surface area contributed by atoms with Gasteiger partial charge >= 0.3 is 0 Å². The van der Waals surface area contributed by atoms with Crippen molar-refractivity contribution in [1.29, 1.82) is 0 Å². The van der Waals surface area contributed by atoms with E-state index in [9.17, 15) is 0 Å². The van der Waals surface area contributed by atoms with Crippen LogP contribution in [-0.4, -0.2) is 13.1 Å². The molecule has 2 rings (SSSR count). The van der Waals surface area contributed by atoms with Gasteiger partial charge in [0, 0.05) is 11.1 Å². The summed E-state index contributed by atoms with van der Waals surface area (Å²) in [6.07, 6.45) is 2.40. The van der Waals surface area contributed by atoms with Crippen molar-refractivity contribution in [2.24, 2.45) is 11.8 Å². The average molecular weight is 238 g/mol. The Morgan fingerprint density at radius 2 is 2.19 bits per heavy atom. The maximum Gasteiger partial charge on any atom is 0.0441 e. The quantitative estimate of drug-likeness (QED) is 0.846. The zero-order valence-corrected chi connectivity index (χ0v) is 11.0. The zero-order chi connectivity index (χ0) is 11.7. The molecule has 3 unspecified atom stereocenters. The lowest BCUT2D eigenvalue weighted by Gasteiger charge is -2.17. The molecule has 1 aliphatic carbocycles. The number of rotatable bonds is 4. The van der Waals surface area contributed by atoms with E-state index in [4.69, 9.17) is 11.6 Å². The molecule has 16 heavy (non-hydrogen) atoms. The fraction of sp³-hybridized carbons (Fsp3) is 0.571. The molecule has 88 valence electrons. The fourth-order valence-corrected chi connectivity index (χ4v) is 2.75. The van der Waals surface area contributed by atoms with Crippen molar-refractivity contribution in [1.82, 2.24) is 5.32 Å². The maximum atomic E-state index is 6.26. The lowest BCUT2D eigenvalue weighted by Crippen LogP contribution is -2.30. The van der Waals surface area contributed by atoms with Gasteiger partial charge in [0.15, 0.2) is 0 Å². The van der Waals surface area contributed by atoms with Crippen LogP contribution in [0.2, 0.25) is 5.02 Å². The highest BCUT2D eigenvalue weighted by Crippen LogP contribution is 2.41. The van der Waals surface area contributed by atoms with Crippen molar-refractivity contribution >= 4 is 11.6 Å². The molecule has 1 aromatic carbocycles. The van der Waals surface area contributed by atoms with E-state index in [2.05, 4.69) is 44.4 Å². The normalized spacial score (nSPS) is 25.5. The molecular weight excluding hydrogens is 218 g/mol. The molecule has 0 radical (unpaired) electrons. The minimum absolute atomic E-state index is 0.579. The van der Waals surface area contributed by atoms with Gasteiger partial charge in [0.2, 0.25) is 0 Å². The molecule has 1 saturated carbocycles.